The molecule has 3 nitrogen and oxygen atoms in total. The van der Waals surface area contributed by atoms with Crippen molar-refractivity contribution >= 4 is 15.6 Å². The highest BCUT2D eigenvalue weighted by Crippen LogP contribution is 2.40. The molecule has 1 aromatic rings. The van der Waals surface area contributed by atoms with Crippen molar-refractivity contribution in [2.45, 2.75) is 89.4 Å². The third-order valence-corrected chi connectivity index (χ3v) is 7.19. The van der Waals surface area contributed by atoms with Crippen molar-refractivity contribution in [3.63, 3.8) is 0 Å². The maximum absolute atomic E-state index is 12.6. The van der Waals surface area contributed by atoms with E-state index in [1.165, 1.54) is 25.7 Å². The third-order valence-electron chi connectivity index (χ3n) is 5.44. The van der Waals surface area contributed by atoms with Crippen LogP contribution in [0.3, 0.4) is 0 Å². The van der Waals surface area contributed by atoms with E-state index in [2.05, 4.69) is 20.8 Å². The highest BCUT2D eigenvalue weighted by atomic mass is 32.2. The van der Waals surface area contributed by atoms with Crippen LogP contribution in [0.15, 0.2) is 17.0 Å². The number of aryl methyl sites for hydroxylation is 1. The standard InChI is InChI=1S/C21H32O3S/c1-5-6-7-8-9-10-11-17-14-20-19(15-18(17)16(2)22)21(3,4)12-13-25(20,23)24/h14-15H,5-13H2,1-4H3. The Morgan fingerprint density at radius 2 is 1.72 bits per heavy atom. The molecule has 0 bridgehead atoms. The zero-order chi connectivity index (χ0) is 18.7. The minimum absolute atomic E-state index is 0.0301. The Morgan fingerprint density at radius 1 is 1.08 bits per heavy atom. The van der Waals surface area contributed by atoms with E-state index >= 15 is 0 Å². The number of carbonyl (C=O) groups is 1. The largest absolute Gasteiger partial charge is 0.295 e. The fourth-order valence-corrected chi connectivity index (χ4v) is 5.66. The number of hydrogen-bond acceptors (Lipinski definition) is 3. The molecule has 0 saturated carbocycles. The quantitative estimate of drug-likeness (QED) is 0.468. The van der Waals surface area contributed by atoms with Crippen LogP contribution in [0.2, 0.25) is 0 Å². The van der Waals surface area contributed by atoms with Crippen LogP contribution in [0.5, 0.6) is 0 Å². The van der Waals surface area contributed by atoms with Gasteiger partial charge < -0.3 is 0 Å². The summed E-state index contributed by atoms with van der Waals surface area (Å²) in [7, 11) is -3.23. The minimum Gasteiger partial charge on any atom is -0.295 e. The van der Waals surface area contributed by atoms with Crippen LogP contribution in [0.1, 0.15) is 94.1 Å². The van der Waals surface area contributed by atoms with Crippen molar-refractivity contribution in [3.05, 3.63) is 28.8 Å². The molecule has 1 aliphatic heterocycles. The molecular weight excluding hydrogens is 332 g/mol. The zero-order valence-electron chi connectivity index (χ0n) is 16.2. The van der Waals surface area contributed by atoms with Crippen LogP contribution >= 0.6 is 0 Å². The lowest BCUT2D eigenvalue weighted by atomic mass is 9.79. The van der Waals surface area contributed by atoms with Gasteiger partial charge in [0.2, 0.25) is 0 Å². The lowest BCUT2D eigenvalue weighted by molar-refractivity contribution is 0.101. The Labute approximate surface area is 153 Å². The summed E-state index contributed by atoms with van der Waals surface area (Å²) in [4.78, 5) is 12.6. The van der Waals surface area contributed by atoms with E-state index in [0.717, 1.165) is 30.4 Å². The van der Waals surface area contributed by atoms with E-state index in [-0.39, 0.29) is 17.0 Å². The van der Waals surface area contributed by atoms with Crippen LogP contribution in [0.25, 0.3) is 0 Å². The molecule has 0 aromatic heterocycles. The van der Waals surface area contributed by atoms with Crippen LogP contribution < -0.4 is 0 Å². The summed E-state index contributed by atoms with van der Waals surface area (Å²) >= 11 is 0. The smallest absolute Gasteiger partial charge is 0.178 e. The second-order valence-corrected chi connectivity index (χ2v) is 10.1. The molecule has 25 heavy (non-hydrogen) atoms. The number of hydrogen-bond donors (Lipinski definition) is 0. The summed E-state index contributed by atoms with van der Waals surface area (Å²) in [6.45, 7) is 7.92. The molecule has 0 fully saturated rings. The Kier molecular flexibility index (Phi) is 6.47. The van der Waals surface area contributed by atoms with E-state index in [1.54, 1.807) is 13.0 Å². The van der Waals surface area contributed by atoms with E-state index in [0.29, 0.717) is 16.9 Å². The molecule has 0 radical (unpaired) electrons. The van der Waals surface area contributed by atoms with Crippen molar-refractivity contribution in [3.8, 4) is 0 Å². The molecule has 0 aliphatic carbocycles. The summed E-state index contributed by atoms with van der Waals surface area (Å²) in [5.74, 6) is 0.227. The number of sulfone groups is 1. The van der Waals surface area contributed by atoms with Crippen LogP contribution in [0.4, 0.5) is 0 Å². The number of benzene rings is 1. The van der Waals surface area contributed by atoms with Gasteiger partial charge in [-0.1, -0.05) is 52.9 Å². The minimum atomic E-state index is -3.23. The Hall–Kier alpha value is -1.16. The molecule has 1 heterocycles. The average molecular weight is 365 g/mol. The van der Waals surface area contributed by atoms with Gasteiger partial charge in [0.25, 0.3) is 0 Å². The molecule has 0 unspecified atom stereocenters. The maximum Gasteiger partial charge on any atom is 0.178 e. The molecular formula is C21H32O3S. The van der Waals surface area contributed by atoms with Gasteiger partial charge in [-0.2, -0.15) is 0 Å². The van der Waals surface area contributed by atoms with E-state index in [9.17, 15) is 13.2 Å². The third kappa shape index (κ3) is 4.72. The lowest BCUT2D eigenvalue weighted by Crippen LogP contribution is -2.31. The highest BCUT2D eigenvalue weighted by Gasteiger charge is 2.36. The fraction of sp³-hybridized carbons (Fsp3) is 0.667. The summed E-state index contributed by atoms with van der Waals surface area (Å²) in [6, 6.07) is 3.66. The van der Waals surface area contributed by atoms with Gasteiger partial charge in [0.1, 0.15) is 0 Å². The number of Topliss-reactive ketones (excluding diaryl/α,β-unsaturated/α-hetero) is 1. The topological polar surface area (TPSA) is 51.2 Å². The lowest BCUT2D eigenvalue weighted by Gasteiger charge is -2.33. The fourth-order valence-electron chi connectivity index (χ4n) is 3.67. The van der Waals surface area contributed by atoms with Gasteiger partial charge in [-0.05, 0) is 54.9 Å². The molecule has 0 atom stereocenters. The number of carbonyl (C=O) groups excluding carboxylic acids is 1. The molecule has 0 spiro atoms. The number of ketones is 1. The molecule has 4 heteroatoms. The van der Waals surface area contributed by atoms with Crippen molar-refractivity contribution in [1.29, 1.82) is 0 Å². The van der Waals surface area contributed by atoms with E-state index in [4.69, 9.17) is 0 Å². The van der Waals surface area contributed by atoms with Crippen molar-refractivity contribution in [1.82, 2.24) is 0 Å². The number of unbranched alkanes of at least 4 members (excludes halogenated alkanes) is 5. The second-order valence-electron chi connectivity index (χ2n) is 8.03. The molecule has 0 amide bonds. The van der Waals surface area contributed by atoms with Crippen molar-refractivity contribution < 1.29 is 13.2 Å². The predicted octanol–water partition coefficient (Wildman–Crippen LogP) is 5.25. The Bertz CT molecular complexity index is 730. The monoisotopic (exact) mass is 364 g/mol. The van der Waals surface area contributed by atoms with Gasteiger partial charge in [0, 0.05) is 5.56 Å². The van der Waals surface area contributed by atoms with Gasteiger partial charge in [0.05, 0.1) is 10.6 Å². The summed E-state index contributed by atoms with van der Waals surface area (Å²) < 4.78 is 25.1. The normalized spacial score (nSPS) is 17.9. The predicted molar refractivity (Wildman–Crippen MR) is 103 cm³/mol. The van der Waals surface area contributed by atoms with Crippen LogP contribution in [-0.2, 0) is 21.7 Å². The number of fused-ring (bicyclic) bond motifs is 1. The first kappa shape index (κ1) is 20.2. The maximum atomic E-state index is 12.6. The molecule has 140 valence electrons. The Balaban J connectivity index is 2.29. The molecule has 1 aromatic carbocycles. The highest BCUT2D eigenvalue weighted by molar-refractivity contribution is 7.91. The van der Waals surface area contributed by atoms with Crippen molar-refractivity contribution in [2.75, 3.05) is 5.75 Å². The number of rotatable bonds is 8. The SMILES string of the molecule is CCCCCCCCc1cc2c(cc1C(C)=O)C(C)(C)CCS2(=O)=O. The molecule has 0 saturated heterocycles. The van der Waals surface area contributed by atoms with Gasteiger partial charge in [-0.3, -0.25) is 4.79 Å². The first-order valence-corrected chi connectivity index (χ1v) is 11.3. The molecule has 2 rings (SSSR count). The summed E-state index contributed by atoms with van der Waals surface area (Å²) in [5, 5.41) is 0. The van der Waals surface area contributed by atoms with Crippen LogP contribution in [-0.4, -0.2) is 20.0 Å². The Morgan fingerprint density at radius 3 is 2.36 bits per heavy atom. The molecule has 1 aliphatic rings. The van der Waals surface area contributed by atoms with Crippen molar-refractivity contribution in [2.24, 2.45) is 0 Å². The zero-order valence-corrected chi connectivity index (χ0v) is 17.0. The van der Waals surface area contributed by atoms with Crippen LogP contribution in [0, 0.1) is 0 Å². The summed E-state index contributed by atoms with van der Waals surface area (Å²) in [5.41, 5.74) is 2.22. The first-order chi connectivity index (χ1) is 11.7. The second kappa shape index (κ2) is 8.03. The average Bonchev–Trinajstić information content (AvgIpc) is 2.54. The first-order valence-electron chi connectivity index (χ1n) is 9.60. The van der Waals surface area contributed by atoms with Gasteiger partial charge in [-0.15, -0.1) is 0 Å². The molecule has 0 N–H and O–H groups in total. The van der Waals surface area contributed by atoms with Gasteiger partial charge in [0.15, 0.2) is 15.6 Å². The van der Waals surface area contributed by atoms with E-state index < -0.39 is 9.84 Å². The van der Waals surface area contributed by atoms with E-state index in [1.807, 2.05) is 6.07 Å². The van der Waals surface area contributed by atoms with Gasteiger partial charge in [-0.25, -0.2) is 8.42 Å². The van der Waals surface area contributed by atoms with Gasteiger partial charge >= 0.3 is 0 Å². The summed E-state index contributed by atoms with van der Waals surface area (Å²) in [6.07, 6.45) is 8.49.